The van der Waals surface area contributed by atoms with Gasteiger partial charge >= 0.3 is 51.4 Å². The summed E-state index contributed by atoms with van der Waals surface area (Å²) < 4.78 is 23.9. The Morgan fingerprint density at radius 2 is 2.38 bits per heavy atom. The molecule has 0 radical (unpaired) electrons. The second-order valence-corrected chi connectivity index (χ2v) is 2.52. The minimum absolute atomic E-state index is 0. The quantitative estimate of drug-likeness (QED) is 0.224. The molecule has 0 aromatic rings. The Hall–Kier alpha value is 0.916. The molecule has 1 unspecified atom stereocenters. The van der Waals surface area contributed by atoms with Gasteiger partial charge in [0.15, 0.2) is 0 Å². The Morgan fingerprint density at radius 1 is 1.77 bits per heavy atom. The van der Waals surface area contributed by atoms with Gasteiger partial charge in [-0.15, -0.1) is 0 Å². The summed E-state index contributed by atoms with van der Waals surface area (Å²) in [6.45, 7) is 3.70. The molecule has 0 bridgehead atoms. The van der Waals surface area contributed by atoms with Crippen LogP contribution in [0.1, 0.15) is 7.85 Å². The van der Waals surface area contributed by atoms with Gasteiger partial charge in [0.05, 0.1) is 18.0 Å². The van der Waals surface area contributed by atoms with Crippen molar-refractivity contribution in [2.24, 2.45) is 0 Å². The molecule has 0 rings (SSSR count). The van der Waals surface area contributed by atoms with E-state index in [0.29, 0.717) is 13.0 Å². The standard InChI is InChI=1S/C6H11NO4S.K.H/c1-2-6(8)7-4-3-5-11-12(9)10;;/h2H,1,3-5H2,(H,7,8)(H,9,10);;/q;+1;-1/p-1. The molecule has 0 saturated carbocycles. The van der Waals surface area contributed by atoms with Crippen molar-refractivity contribution in [1.29, 1.82) is 0 Å². The Bertz CT molecular complexity index is 193. The van der Waals surface area contributed by atoms with Crippen LogP contribution in [-0.4, -0.2) is 27.8 Å². The van der Waals surface area contributed by atoms with E-state index in [4.69, 9.17) is 0 Å². The first kappa shape index (κ1) is 16.4. The molecule has 0 aliphatic carbocycles. The minimum Gasteiger partial charge on any atom is -1.00 e. The van der Waals surface area contributed by atoms with E-state index in [-0.39, 0.29) is 65.3 Å². The molecule has 0 saturated heterocycles. The molecule has 0 heterocycles. The minimum atomic E-state index is -2.46. The number of nitrogens with one attached hydrogen (secondary N) is 1. The number of hydrogen-bond acceptors (Lipinski definition) is 4. The number of amides is 1. The molecule has 0 fully saturated rings. The van der Waals surface area contributed by atoms with Crippen molar-refractivity contribution in [3.8, 4) is 0 Å². The van der Waals surface area contributed by atoms with Crippen molar-refractivity contribution < 1.29 is 70.6 Å². The summed E-state index contributed by atoms with van der Waals surface area (Å²) in [5.74, 6) is -0.279. The average molecular weight is 232 g/mol. The molecule has 1 atom stereocenters. The number of carbonyl (C=O) groups is 1. The molecule has 0 aliphatic heterocycles. The van der Waals surface area contributed by atoms with Crippen LogP contribution in [-0.2, 0) is 20.3 Å². The molecule has 5 nitrogen and oxygen atoms in total. The van der Waals surface area contributed by atoms with Crippen LogP contribution < -0.4 is 56.7 Å². The average Bonchev–Trinajstić information content (AvgIpc) is 2.03. The van der Waals surface area contributed by atoms with Gasteiger partial charge in [0.25, 0.3) is 0 Å². The fourth-order valence-electron chi connectivity index (χ4n) is 0.483. The fraction of sp³-hybridized carbons (Fsp3) is 0.500. The summed E-state index contributed by atoms with van der Waals surface area (Å²) in [6.07, 6.45) is 1.60. The molecule has 0 spiro atoms. The smallest absolute Gasteiger partial charge is 1.00 e. The molecule has 0 aromatic carbocycles. The van der Waals surface area contributed by atoms with Crippen LogP contribution in [0, 0.1) is 0 Å². The van der Waals surface area contributed by atoms with E-state index in [1.54, 1.807) is 0 Å². The third kappa shape index (κ3) is 12.9. The van der Waals surface area contributed by atoms with Crippen LogP contribution in [0.2, 0.25) is 0 Å². The van der Waals surface area contributed by atoms with E-state index in [1.807, 2.05) is 0 Å². The summed E-state index contributed by atoms with van der Waals surface area (Å²) in [7, 11) is 0. The Morgan fingerprint density at radius 3 is 2.85 bits per heavy atom. The van der Waals surface area contributed by atoms with E-state index >= 15 is 0 Å². The molecule has 0 aromatic heterocycles. The third-order valence-electron chi connectivity index (χ3n) is 0.985. The molecule has 7 heteroatoms. The number of hydrogen-bond donors (Lipinski definition) is 1. The van der Waals surface area contributed by atoms with Crippen molar-refractivity contribution >= 4 is 17.3 Å². The summed E-state index contributed by atoms with van der Waals surface area (Å²) in [5, 5.41) is 2.47. The van der Waals surface area contributed by atoms with Gasteiger partial charge in [0.2, 0.25) is 5.91 Å². The van der Waals surface area contributed by atoms with Crippen LogP contribution in [0.25, 0.3) is 0 Å². The van der Waals surface area contributed by atoms with E-state index in [1.165, 1.54) is 0 Å². The van der Waals surface area contributed by atoms with Crippen LogP contribution in [0.3, 0.4) is 0 Å². The molecular formula is C6H11KNO4S-. The second-order valence-electron chi connectivity index (χ2n) is 1.87. The summed E-state index contributed by atoms with van der Waals surface area (Å²) >= 11 is -2.46. The van der Waals surface area contributed by atoms with Gasteiger partial charge in [0, 0.05) is 6.54 Å². The van der Waals surface area contributed by atoms with Crippen molar-refractivity contribution in [3.63, 3.8) is 0 Å². The van der Waals surface area contributed by atoms with Crippen molar-refractivity contribution in [2.45, 2.75) is 6.42 Å². The Labute approximate surface area is 124 Å². The van der Waals surface area contributed by atoms with Crippen molar-refractivity contribution in [2.75, 3.05) is 13.2 Å². The van der Waals surface area contributed by atoms with E-state index in [0.717, 1.165) is 6.08 Å². The first-order valence-corrected chi connectivity index (χ1v) is 4.29. The predicted octanol–water partition coefficient (Wildman–Crippen LogP) is -3.39. The molecule has 72 valence electrons. The zero-order valence-corrected chi connectivity index (χ0v) is 11.4. The van der Waals surface area contributed by atoms with Crippen LogP contribution >= 0.6 is 0 Å². The first-order chi connectivity index (χ1) is 5.66. The van der Waals surface area contributed by atoms with Gasteiger partial charge in [-0.3, -0.25) is 4.79 Å². The van der Waals surface area contributed by atoms with Gasteiger partial charge in [-0.1, -0.05) is 6.58 Å². The number of rotatable bonds is 6. The van der Waals surface area contributed by atoms with Crippen molar-refractivity contribution in [1.82, 2.24) is 5.32 Å². The summed E-state index contributed by atoms with van der Waals surface area (Å²) in [5.41, 5.74) is 0. The van der Waals surface area contributed by atoms with Crippen LogP contribution in [0.15, 0.2) is 12.7 Å². The van der Waals surface area contributed by atoms with Crippen LogP contribution in [0.4, 0.5) is 0 Å². The Kier molecular flexibility index (Phi) is 13.8. The fourth-order valence-corrected chi connectivity index (χ4v) is 0.737. The van der Waals surface area contributed by atoms with Gasteiger partial charge in [-0.25, -0.2) is 4.21 Å². The van der Waals surface area contributed by atoms with E-state index < -0.39 is 11.4 Å². The second kappa shape index (κ2) is 11.0. The maximum absolute atomic E-state index is 10.5. The molecule has 1 amide bonds. The maximum atomic E-state index is 10.5. The zero-order valence-electron chi connectivity index (χ0n) is 8.45. The SMILES string of the molecule is C=CC(=O)NCCCOS(=O)[O-].[H-].[K+]. The molecule has 13 heavy (non-hydrogen) atoms. The van der Waals surface area contributed by atoms with E-state index in [9.17, 15) is 13.6 Å². The third-order valence-corrected chi connectivity index (χ3v) is 1.34. The predicted molar refractivity (Wildman–Crippen MR) is 43.8 cm³/mol. The normalized spacial score (nSPS) is 11.2. The summed E-state index contributed by atoms with van der Waals surface area (Å²) in [6, 6.07) is 0. The molecular weight excluding hydrogens is 221 g/mol. The maximum Gasteiger partial charge on any atom is 1.00 e. The summed E-state index contributed by atoms with van der Waals surface area (Å²) in [4.78, 5) is 10.5. The molecule has 1 N–H and O–H groups in total. The molecule has 0 aliphatic rings. The zero-order chi connectivity index (χ0) is 9.40. The monoisotopic (exact) mass is 232 g/mol. The Balaban J connectivity index is -0.000000605. The van der Waals surface area contributed by atoms with Gasteiger partial charge < -0.3 is 15.5 Å². The van der Waals surface area contributed by atoms with E-state index in [2.05, 4.69) is 16.1 Å². The first-order valence-electron chi connectivity index (χ1n) is 3.29. The van der Waals surface area contributed by atoms with Crippen LogP contribution in [0.5, 0.6) is 0 Å². The van der Waals surface area contributed by atoms with Gasteiger partial charge in [-0.2, -0.15) is 0 Å². The van der Waals surface area contributed by atoms with Crippen molar-refractivity contribution in [3.05, 3.63) is 12.7 Å². The van der Waals surface area contributed by atoms with Gasteiger partial charge in [0.1, 0.15) is 0 Å². The largest absolute Gasteiger partial charge is 1.00 e. The van der Waals surface area contributed by atoms with Gasteiger partial charge in [-0.05, 0) is 12.5 Å². The topological polar surface area (TPSA) is 78.5 Å². The number of carbonyl (C=O) groups excluding carboxylic acids is 1.